The van der Waals surface area contributed by atoms with Crippen LogP contribution in [0, 0.1) is 12.7 Å². The number of amides is 1. The Hall–Kier alpha value is -2.69. The molecule has 0 aliphatic rings. The molecule has 0 aromatic heterocycles. The van der Waals surface area contributed by atoms with Gasteiger partial charge in [-0.3, -0.25) is 4.79 Å². The number of aryl methyl sites for hydroxylation is 2. The molecule has 0 bridgehead atoms. The molecule has 2 aromatic rings. The van der Waals surface area contributed by atoms with Gasteiger partial charge in [-0.1, -0.05) is 23.8 Å². The number of nitrogens with one attached hydrogen (secondary N) is 1. The summed E-state index contributed by atoms with van der Waals surface area (Å²) in [5, 5.41) is 2.70. The van der Waals surface area contributed by atoms with E-state index >= 15 is 0 Å². The summed E-state index contributed by atoms with van der Waals surface area (Å²) in [5.41, 5.74) is 2.36. The molecule has 0 saturated carbocycles. The van der Waals surface area contributed by atoms with Gasteiger partial charge in [0.25, 0.3) is 0 Å². The van der Waals surface area contributed by atoms with E-state index in [0.717, 1.165) is 11.1 Å². The molecular formula is C18H18FNO3. The number of anilines is 1. The first-order valence-electron chi connectivity index (χ1n) is 7.23. The van der Waals surface area contributed by atoms with Gasteiger partial charge < -0.3 is 10.1 Å². The van der Waals surface area contributed by atoms with Crippen LogP contribution in [-0.4, -0.2) is 19.0 Å². The maximum Gasteiger partial charge on any atom is 0.339 e. The molecule has 1 amide bonds. The second-order valence-corrected chi connectivity index (χ2v) is 5.22. The monoisotopic (exact) mass is 315 g/mol. The van der Waals surface area contributed by atoms with Crippen molar-refractivity contribution in [3.05, 3.63) is 65.0 Å². The maximum absolute atomic E-state index is 13.1. The number of ether oxygens (including phenoxy) is 1. The Morgan fingerprint density at radius 2 is 1.96 bits per heavy atom. The van der Waals surface area contributed by atoms with E-state index in [1.165, 1.54) is 19.2 Å². The Labute approximate surface area is 134 Å². The zero-order chi connectivity index (χ0) is 16.8. The summed E-state index contributed by atoms with van der Waals surface area (Å²) in [4.78, 5) is 23.8. The number of hydrogen-bond acceptors (Lipinski definition) is 3. The first-order chi connectivity index (χ1) is 11.0. The van der Waals surface area contributed by atoms with Crippen LogP contribution >= 0.6 is 0 Å². The van der Waals surface area contributed by atoms with Crippen LogP contribution in [0.1, 0.15) is 27.9 Å². The lowest BCUT2D eigenvalue weighted by Crippen LogP contribution is -2.16. The molecule has 0 aliphatic heterocycles. The van der Waals surface area contributed by atoms with Crippen molar-refractivity contribution in [1.29, 1.82) is 0 Å². The lowest BCUT2D eigenvalue weighted by atomic mass is 10.1. The van der Waals surface area contributed by atoms with Crippen LogP contribution < -0.4 is 5.32 Å². The lowest BCUT2D eigenvalue weighted by Gasteiger charge is -2.10. The van der Waals surface area contributed by atoms with E-state index in [1.807, 2.05) is 6.92 Å². The van der Waals surface area contributed by atoms with Gasteiger partial charge in [0.15, 0.2) is 0 Å². The van der Waals surface area contributed by atoms with E-state index in [0.29, 0.717) is 17.7 Å². The van der Waals surface area contributed by atoms with E-state index < -0.39 is 5.97 Å². The fourth-order valence-electron chi connectivity index (χ4n) is 2.21. The smallest absolute Gasteiger partial charge is 0.339 e. The van der Waals surface area contributed by atoms with Crippen molar-refractivity contribution in [3.63, 3.8) is 0 Å². The van der Waals surface area contributed by atoms with Gasteiger partial charge in [-0.05, 0) is 43.2 Å². The van der Waals surface area contributed by atoms with Crippen LogP contribution in [0.3, 0.4) is 0 Å². The number of carbonyl (C=O) groups is 2. The largest absolute Gasteiger partial charge is 0.465 e. The highest BCUT2D eigenvalue weighted by Crippen LogP contribution is 2.19. The van der Waals surface area contributed by atoms with Gasteiger partial charge in [-0.25, -0.2) is 9.18 Å². The lowest BCUT2D eigenvalue weighted by molar-refractivity contribution is -0.116. The molecule has 0 radical (unpaired) electrons. The Kier molecular flexibility index (Phi) is 5.46. The van der Waals surface area contributed by atoms with Gasteiger partial charge in [0, 0.05) is 6.42 Å². The topological polar surface area (TPSA) is 55.4 Å². The van der Waals surface area contributed by atoms with Crippen molar-refractivity contribution in [2.45, 2.75) is 19.8 Å². The number of rotatable bonds is 5. The zero-order valence-corrected chi connectivity index (χ0v) is 13.1. The fraction of sp³-hybridized carbons (Fsp3) is 0.222. The Bertz CT molecular complexity index is 728. The minimum absolute atomic E-state index is 0.192. The highest BCUT2D eigenvalue weighted by atomic mass is 19.1. The van der Waals surface area contributed by atoms with Crippen molar-refractivity contribution in [1.82, 2.24) is 0 Å². The molecular weight excluding hydrogens is 297 g/mol. The molecule has 0 saturated heterocycles. The van der Waals surface area contributed by atoms with E-state index in [2.05, 4.69) is 5.32 Å². The third-order valence-electron chi connectivity index (χ3n) is 3.38. The third-order valence-corrected chi connectivity index (χ3v) is 3.38. The number of carbonyl (C=O) groups excluding carboxylic acids is 2. The molecule has 5 heteroatoms. The van der Waals surface area contributed by atoms with Crippen LogP contribution in [0.25, 0.3) is 0 Å². The second-order valence-electron chi connectivity index (χ2n) is 5.22. The van der Waals surface area contributed by atoms with E-state index in [-0.39, 0.29) is 18.1 Å². The second kappa shape index (κ2) is 7.54. The summed E-state index contributed by atoms with van der Waals surface area (Å²) in [7, 11) is 1.29. The van der Waals surface area contributed by atoms with E-state index in [1.54, 1.807) is 30.3 Å². The zero-order valence-electron chi connectivity index (χ0n) is 13.1. The SMILES string of the molecule is COC(=O)c1cc(C)ccc1NC(=O)CCc1cccc(F)c1. The number of halogens is 1. The normalized spacial score (nSPS) is 10.2. The highest BCUT2D eigenvalue weighted by Gasteiger charge is 2.14. The molecule has 1 N–H and O–H groups in total. The molecule has 0 heterocycles. The van der Waals surface area contributed by atoms with Gasteiger partial charge in [0.1, 0.15) is 5.82 Å². The summed E-state index contributed by atoms with van der Waals surface area (Å²) >= 11 is 0. The molecule has 0 fully saturated rings. The number of esters is 1. The standard InChI is InChI=1S/C18H18FNO3/c1-12-6-8-16(15(10-12)18(22)23-2)20-17(21)9-7-13-4-3-5-14(19)11-13/h3-6,8,10-11H,7,9H2,1-2H3,(H,20,21). The molecule has 4 nitrogen and oxygen atoms in total. The summed E-state index contributed by atoms with van der Waals surface area (Å²) in [5.74, 6) is -1.08. The Balaban J connectivity index is 2.04. The minimum Gasteiger partial charge on any atom is -0.465 e. The summed E-state index contributed by atoms with van der Waals surface area (Å²) in [6.45, 7) is 1.85. The van der Waals surface area contributed by atoms with Gasteiger partial charge in [0.05, 0.1) is 18.4 Å². The number of methoxy groups -OCH3 is 1. The van der Waals surface area contributed by atoms with Crippen LogP contribution in [0.5, 0.6) is 0 Å². The maximum atomic E-state index is 13.1. The van der Waals surface area contributed by atoms with Crippen molar-refractivity contribution < 1.29 is 18.7 Å². The molecule has 23 heavy (non-hydrogen) atoms. The summed E-state index contributed by atoms with van der Waals surface area (Å²) < 4.78 is 17.8. The molecule has 0 unspecified atom stereocenters. The first-order valence-corrected chi connectivity index (χ1v) is 7.23. The number of hydrogen-bond donors (Lipinski definition) is 1. The minimum atomic E-state index is -0.505. The van der Waals surface area contributed by atoms with E-state index in [9.17, 15) is 14.0 Å². The first kappa shape index (κ1) is 16.7. The summed E-state index contributed by atoms with van der Waals surface area (Å²) in [6, 6.07) is 11.3. The average molecular weight is 315 g/mol. The molecule has 0 atom stereocenters. The van der Waals surface area contributed by atoms with Crippen LogP contribution in [0.4, 0.5) is 10.1 Å². The van der Waals surface area contributed by atoms with Gasteiger partial charge in [-0.15, -0.1) is 0 Å². The molecule has 2 aromatic carbocycles. The van der Waals surface area contributed by atoms with Crippen LogP contribution in [-0.2, 0) is 16.0 Å². The predicted octanol–water partition coefficient (Wildman–Crippen LogP) is 3.49. The van der Waals surface area contributed by atoms with Crippen molar-refractivity contribution in [3.8, 4) is 0 Å². The molecule has 0 spiro atoms. The quantitative estimate of drug-likeness (QED) is 0.859. The summed E-state index contributed by atoms with van der Waals surface area (Å²) in [6.07, 6.45) is 0.612. The Morgan fingerprint density at radius 1 is 1.17 bits per heavy atom. The van der Waals surface area contributed by atoms with Crippen LogP contribution in [0.15, 0.2) is 42.5 Å². The van der Waals surface area contributed by atoms with Crippen molar-refractivity contribution >= 4 is 17.6 Å². The fourth-order valence-corrected chi connectivity index (χ4v) is 2.21. The van der Waals surface area contributed by atoms with Gasteiger partial charge in [-0.2, -0.15) is 0 Å². The van der Waals surface area contributed by atoms with Crippen molar-refractivity contribution in [2.75, 3.05) is 12.4 Å². The van der Waals surface area contributed by atoms with Gasteiger partial charge >= 0.3 is 5.97 Å². The third kappa shape index (κ3) is 4.64. The molecule has 0 aliphatic carbocycles. The highest BCUT2D eigenvalue weighted by molar-refractivity contribution is 6.01. The predicted molar refractivity (Wildman–Crippen MR) is 85.9 cm³/mol. The average Bonchev–Trinajstić information content (AvgIpc) is 2.54. The number of benzene rings is 2. The van der Waals surface area contributed by atoms with Crippen LogP contribution in [0.2, 0.25) is 0 Å². The van der Waals surface area contributed by atoms with Crippen molar-refractivity contribution in [2.24, 2.45) is 0 Å². The molecule has 120 valence electrons. The Morgan fingerprint density at radius 3 is 2.65 bits per heavy atom. The van der Waals surface area contributed by atoms with E-state index in [4.69, 9.17) is 4.74 Å². The molecule has 2 rings (SSSR count). The van der Waals surface area contributed by atoms with Gasteiger partial charge in [0.2, 0.25) is 5.91 Å².